The maximum Gasteiger partial charge on any atom is 0.318 e. The van der Waals surface area contributed by atoms with Crippen LogP contribution in [0.4, 0.5) is 10.7 Å². The quantitative estimate of drug-likeness (QED) is 0.589. The maximum absolute atomic E-state index is 12.8. The minimum absolute atomic E-state index is 0.0119. The van der Waals surface area contributed by atoms with Gasteiger partial charge in [0.15, 0.2) is 0 Å². The molecular weight excluding hydrogens is 474 g/mol. The lowest BCUT2D eigenvalue weighted by atomic mass is 9.50. The van der Waals surface area contributed by atoms with Crippen molar-refractivity contribution in [2.75, 3.05) is 18.9 Å². The van der Waals surface area contributed by atoms with Gasteiger partial charge in [0.2, 0.25) is 5.95 Å². The molecule has 2 aromatic rings. The van der Waals surface area contributed by atoms with Crippen LogP contribution in [-0.2, 0) is 13.1 Å². The Balaban J connectivity index is 1.45. The van der Waals surface area contributed by atoms with E-state index in [9.17, 15) is 4.79 Å². The Bertz CT molecular complexity index is 1030. The number of rotatable bonds is 5. The second-order valence-corrected chi connectivity index (χ2v) is 9.50. The van der Waals surface area contributed by atoms with Gasteiger partial charge in [-0.3, -0.25) is 0 Å². The number of ether oxygens (including phenoxy) is 1. The van der Waals surface area contributed by atoms with Gasteiger partial charge in [0.25, 0.3) is 0 Å². The molecule has 3 saturated carbocycles. The summed E-state index contributed by atoms with van der Waals surface area (Å²) in [5.41, 5.74) is 8.76. The number of aliphatic hydroxyl groups is 1. The van der Waals surface area contributed by atoms with E-state index in [0.29, 0.717) is 39.6 Å². The number of aliphatic hydroxyl groups excluding tert-OH is 1. The SMILES string of the molecule is Nc1nc2c(c(-c3cc(OCCO)c(Br)cc3Cl)n1)CN(C(=O)NC13CC(C1)C3)C2. The van der Waals surface area contributed by atoms with Gasteiger partial charge in [0, 0.05) is 16.7 Å². The van der Waals surface area contributed by atoms with E-state index in [1.807, 2.05) is 0 Å². The topological polar surface area (TPSA) is 114 Å². The van der Waals surface area contributed by atoms with E-state index < -0.39 is 0 Å². The van der Waals surface area contributed by atoms with Crippen molar-refractivity contribution in [2.45, 2.75) is 37.9 Å². The number of hydrogen-bond acceptors (Lipinski definition) is 6. The molecule has 2 bridgehead atoms. The number of halogens is 2. The monoisotopic (exact) mass is 493 g/mol. The number of nitrogen functional groups attached to an aromatic ring is 1. The van der Waals surface area contributed by atoms with Crippen LogP contribution in [0.2, 0.25) is 5.02 Å². The van der Waals surface area contributed by atoms with Crippen molar-refractivity contribution >= 4 is 39.5 Å². The van der Waals surface area contributed by atoms with Gasteiger partial charge >= 0.3 is 6.03 Å². The lowest BCUT2D eigenvalue weighted by molar-refractivity contribution is -0.0434. The molecule has 0 saturated heterocycles. The van der Waals surface area contributed by atoms with Crippen molar-refractivity contribution in [1.82, 2.24) is 20.2 Å². The highest BCUT2D eigenvalue weighted by molar-refractivity contribution is 9.10. The third-order valence-corrected chi connectivity index (χ3v) is 7.06. The molecule has 0 atom stereocenters. The molecule has 1 aromatic carbocycles. The fraction of sp³-hybridized carbons (Fsp3) is 0.450. The normalized spacial score (nSPS) is 23.4. The minimum atomic E-state index is -0.105. The first-order valence-electron chi connectivity index (χ1n) is 9.83. The highest BCUT2D eigenvalue weighted by Gasteiger charge is 2.57. The van der Waals surface area contributed by atoms with Gasteiger partial charge in [-0.2, -0.15) is 0 Å². The van der Waals surface area contributed by atoms with E-state index in [2.05, 4.69) is 31.2 Å². The van der Waals surface area contributed by atoms with Crippen LogP contribution < -0.4 is 15.8 Å². The largest absolute Gasteiger partial charge is 0.490 e. The van der Waals surface area contributed by atoms with Crippen LogP contribution >= 0.6 is 27.5 Å². The first-order valence-corrected chi connectivity index (χ1v) is 11.0. The maximum atomic E-state index is 12.8. The molecule has 1 aliphatic heterocycles. The molecule has 2 amide bonds. The molecule has 30 heavy (non-hydrogen) atoms. The van der Waals surface area contributed by atoms with Crippen LogP contribution in [0.5, 0.6) is 5.75 Å². The molecule has 0 unspecified atom stereocenters. The number of carbonyl (C=O) groups is 1. The number of fused-ring (bicyclic) bond motifs is 1. The van der Waals surface area contributed by atoms with Crippen LogP contribution in [0, 0.1) is 5.92 Å². The minimum Gasteiger partial charge on any atom is -0.490 e. The number of amides is 2. The zero-order chi connectivity index (χ0) is 21.0. The summed E-state index contributed by atoms with van der Waals surface area (Å²) in [6, 6.07) is 3.40. The average Bonchev–Trinajstić information content (AvgIpc) is 3.06. The van der Waals surface area contributed by atoms with Gasteiger partial charge in [0.1, 0.15) is 12.4 Å². The Morgan fingerprint density at radius 2 is 2.13 bits per heavy atom. The molecule has 3 fully saturated rings. The fourth-order valence-corrected chi connectivity index (χ4v) is 5.40. The van der Waals surface area contributed by atoms with Gasteiger partial charge in [-0.25, -0.2) is 14.8 Å². The lowest BCUT2D eigenvalue weighted by Crippen LogP contribution is -2.69. The van der Waals surface area contributed by atoms with Crippen LogP contribution in [0.3, 0.4) is 0 Å². The lowest BCUT2D eigenvalue weighted by Gasteiger charge is -2.61. The molecule has 0 spiro atoms. The Hall–Kier alpha value is -2.10. The first kappa shape index (κ1) is 19.8. The standard InChI is InChI=1S/C20H21BrClN5O3/c21-13-4-14(22)11(3-16(13)30-2-1-28)17-12-8-27(9-15(12)24-18(23)25-17)19(29)26-20-5-10(6-20)7-20/h3-4,10,28H,1-2,5-9H2,(H,26,29)(H2,23,24,25). The third kappa shape index (κ3) is 3.29. The molecule has 4 N–H and O–H groups in total. The third-order valence-electron chi connectivity index (χ3n) is 6.12. The molecule has 1 aromatic heterocycles. The number of nitrogens with zero attached hydrogens (tertiary/aromatic N) is 3. The Kier molecular flexibility index (Phi) is 4.79. The molecule has 3 aliphatic carbocycles. The second-order valence-electron chi connectivity index (χ2n) is 8.24. The van der Waals surface area contributed by atoms with Crippen molar-refractivity contribution < 1.29 is 14.6 Å². The van der Waals surface area contributed by atoms with Gasteiger partial charge in [-0.05, 0) is 53.2 Å². The second kappa shape index (κ2) is 7.25. The summed E-state index contributed by atoms with van der Waals surface area (Å²) < 4.78 is 6.25. The van der Waals surface area contributed by atoms with Crippen LogP contribution in [0.1, 0.15) is 30.5 Å². The summed E-state index contributed by atoms with van der Waals surface area (Å²) in [7, 11) is 0. The zero-order valence-corrected chi connectivity index (χ0v) is 18.5. The predicted octanol–water partition coefficient (Wildman–Crippen LogP) is 3.09. The number of anilines is 1. The van der Waals surface area contributed by atoms with Crippen molar-refractivity contribution in [3.63, 3.8) is 0 Å². The van der Waals surface area contributed by atoms with E-state index in [1.54, 1.807) is 17.0 Å². The smallest absolute Gasteiger partial charge is 0.318 e. The van der Waals surface area contributed by atoms with E-state index in [1.165, 1.54) is 0 Å². The van der Waals surface area contributed by atoms with Gasteiger partial charge in [-0.1, -0.05) is 11.6 Å². The molecule has 0 radical (unpaired) electrons. The van der Waals surface area contributed by atoms with Crippen LogP contribution in [0.25, 0.3) is 11.3 Å². The van der Waals surface area contributed by atoms with Gasteiger partial charge in [-0.15, -0.1) is 0 Å². The Labute approximate surface area is 186 Å². The van der Waals surface area contributed by atoms with E-state index in [4.69, 9.17) is 27.2 Å². The van der Waals surface area contributed by atoms with Crippen molar-refractivity contribution in [1.29, 1.82) is 0 Å². The molecule has 10 heteroatoms. The number of nitrogens with two attached hydrogens (primary N) is 1. The summed E-state index contributed by atoms with van der Waals surface area (Å²) in [4.78, 5) is 23.4. The zero-order valence-electron chi connectivity index (χ0n) is 16.1. The van der Waals surface area contributed by atoms with E-state index in [0.717, 1.165) is 36.4 Å². The van der Waals surface area contributed by atoms with E-state index >= 15 is 0 Å². The molecule has 4 aliphatic rings. The first-order chi connectivity index (χ1) is 14.4. The summed E-state index contributed by atoms with van der Waals surface area (Å²) in [5.74, 6) is 1.45. The van der Waals surface area contributed by atoms with Gasteiger partial charge in [0.05, 0.1) is 40.6 Å². The summed E-state index contributed by atoms with van der Waals surface area (Å²) in [6.45, 7) is 0.810. The molecule has 158 valence electrons. The Morgan fingerprint density at radius 3 is 2.80 bits per heavy atom. The highest BCUT2D eigenvalue weighted by Crippen LogP contribution is 2.57. The fourth-order valence-electron chi connectivity index (χ4n) is 4.55. The van der Waals surface area contributed by atoms with Gasteiger partial charge < -0.3 is 25.8 Å². The van der Waals surface area contributed by atoms with Crippen LogP contribution in [-0.4, -0.2) is 44.8 Å². The van der Waals surface area contributed by atoms with E-state index in [-0.39, 0.29) is 30.7 Å². The summed E-state index contributed by atoms with van der Waals surface area (Å²) >= 11 is 9.94. The average molecular weight is 495 g/mol. The summed E-state index contributed by atoms with van der Waals surface area (Å²) in [5, 5.41) is 12.7. The van der Waals surface area contributed by atoms with Crippen molar-refractivity contribution in [2.24, 2.45) is 5.92 Å². The molecular formula is C20H21BrClN5O3. The Morgan fingerprint density at radius 1 is 1.37 bits per heavy atom. The summed E-state index contributed by atoms with van der Waals surface area (Å²) in [6.07, 6.45) is 3.26. The molecule has 6 rings (SSSR count). The number of nitrogens with one attached hydrogen (secondary N) is 1. The van der Waals surface area contributed by atoms with Crippen molar-refractivity contribution in [3.8, 4) is 17.0 Å². The molecule has 2 heterocycles. The van der Waals surface area contributed by atoms with Crippen LogP contribution in [0.15, 0.2) is 16.6 Å². The number of aromatic nitrogens is 2. The molecule has 8 nitrogen and oxygen atoms in total. The number of benzene rings is 1. The number of hydrogen-bond donors (Lipinski definition) is 3. The predicted molar refractivity (Wildman–Crippen MR) is 115 cm³/mol. The number of carbonyl (C=O) groups excluding carboxylic acids is 1. The highest BCUT2D eigenvalue weighted by atomic mass is 79.9. The number of urea groups is 1. The van der Waals surface area contributed by atoms with Crippen molar-refractivity contribution in [3.05, 3.63) is 32.9 Å².